The van der Waals surface area contributed by atoms with Crippen LogP contribution in [0.2, 0.25) is 5.02 Å². The van der Waals surface area contributed by atoms with Crippen molar-refractivity contribution in [2.24, 2.45) is 5.92 Å². The van der Waals surface area contributed by atoms with Crippen LogP contribution in [0.3, 0.4) is 0 Å². The highest BCUT2D eigenvalue weighted by atomic mass is 35.5. The Morgan fingerprint density at radius 2 is 2.00 bits per heavy atom. The quantitative estimate of drug-likeness (QED) is 0.138. The number of carbonyl (C=O) groups is 2. The molecule has 1 aliphatic rings. The fourth-order valence-corrected chi connectivity index (χ4v) is 5.35. The molecule has 0 spiro atoms. The third-order valence-electron chi connectivity index (χ3n) is 7.35. The van der Waals surface area contributed by atoms with E-state index in [1.54, 1.807) is 18.2 Å². The average Bonchev–Trinajstić information content (AvgIpc) is 3.33. The third kappa shape index (κ3) is 5.78. The van der Waals surface area contributed by atoms with Gasteiger partial charge in [0.1, 0.15) is 17.6 Å². The predicted molar refractivity (Wildman–Crippen MR) is 154 cm³/mol. The summed E-state index contributed by atoms with van der Waals surface area (Å²) in [5.41, 5.74) is 2.73. The Hall–Kier alpha value is -4.51. The number of aryl methyl sites for hydroxylation is 1. The molecule has 0 saturated heterocycles. The van der Waals surface area contributed by atoms with E-state index in [1.165, 1.54) is 19.2 Å². The van der Waals surface area contributed by atoms with E-state index in [4.69, 9.17) is 16.6 Å². The molecular weight excluding hydrogens is 568 g/mol. The van der Waals surface area contributed by atoms with Crippen molar-refractivity contribution in [2.45, 2.75) is 39.0 Å². The summed E-state index contributed by atoms with van der Waals surface area (Å²) in [5, 5.41) is 18.7. The summed E-state index contributed by atoms with van der Waals surface area (Å²) in [4.78, 5) is 32.8. The van der Waals surface area contributed by atoms with E-state index in [9.17, 15) is 23.6 Å². The normalized spacial score (nSPS) is 17.0. The maximum absolute atomic E-state index is 14.7. The van der Waals surface area contributed by atoms with Crippen molar-refractivity contribution in [1.82, 2.24) is 9.97 Å². The number of anilines is 2. The van der Waals surface area contributed by atoms with Crippen LogP contribution in [-0.4, -0.2) is 29.1 Å². The molecule has 2 atom stereocenters. The minimum Gasteiger partial charge on any atom is -0.618 e. The molecule has 3 N–H and O–H groups in total. The summed E-state index contributed by atoms with van der Waals surface area (Å²) < 4.78 is 34.5. The number of carbonyl (C=O) groups excluding carboxylic acids is 2. The highest BCUT2D eigenvalue weighted by Gasteiger charge is 2.30. The second kappa shape index (κ2) is 11.8. The van der Waals surface area contributed by atoms with Crippen LogP contribution in [0.5, 0.6) is 0 Å². The molecular formula is C30H28ClF2N5O4. The predicted octanol–water partition coefficient (Wildman–Crippen LogP) is 6.69. The van der Waals surface area contributed by atoms with Gasteiger partial charge in [-0.2, -0.15) is 4.73 Å². The van der Waals surface area contributed by atoms with Crippen molar-refractivity contribution in [3.63, 3.8) is 0 Å². The monoisotopic (exact) mass is 595 g/mol. The summed E-state index contributed by atoms with van der Waals surface area (Å²) in [5.74, 6) is -1.98. The first-order valence-corrected chi connectivity index (χ1v) is 13.7. The average molecular weight is 596 g/mol. The number of nitrogens with zero attached hydrogens (tertiary/aromatic N) is 2. The Morgan fingerprint density at radius 1 is 1.21 bits per heavy atom. The van der Waals surface area contributed by atoms with E-state index >= 15 is 0 Å². The highest BCUT2D eigenvalue weighted by molar-refractivity contribution is 6.31. The number of fused-ring (bicyclic) bond motifs is 4. The molecule has 3 heterocycles. The Kier molecular flexibility index (Phi) is 8.13. The summed E-state index contributed by atoms with van der Waals surface area (Å²) in [7, 11) is 1.25. The van der Waals surface area contributed by atoms with Gasteiger partial charge in [0.2, 0.25) is 11.6 Å². The molecule has 1 aliphatic heterocycles. The number of hydrogen-bond donors (Lipinski definition) is 3. The first-order valence-electron chi connectivity index (χ1n) is 13.3. The van der Waals surface area contributed by atoms with Gasteiger partial charge in [-0.25, -0.2) is 18.6 Å². The number of H-pyrrole nitrogens is 1. The largest absolute Gasteiger partial charge is 0.618 e. The van der Waals surface area contributed by atoms with Crippen molar-refractivity contribution >= 4 is 35.0 Å². The van der Waals surface area contributed by atoms with Gasteiger partial charge in [-0.1, -0.05) is 18.5 Å². The zero-order valence-corrected chi connectivity index (χ0v) is 23.8. The van der Waals surface area contributed by atoms with Crippen LogP contribution in [0, 0.1) is 29.7 Å². The van der Waals surface area contributed by atoms with Gasteiger partial charge in [-0.15, -0.1) is 0 Å². The minimum atomic E-state index is -0.947. The van der Waals surface area contributed by atoms with Crippen LogP contribution < -0.4 is 15.4 Å². The van der Waals surface area contributed by atoms with Gasteiger partial charge in [-0.05, 0) is 62.1 Å². The van der Waals surface area contributed by atoms with E-state index in [0.29, 0.717) is 57.4 Å². The number of pyridine rings is 1. The number of rotatable bonds is 3. The number of methoxy groups -OCH3 is 1. The second-order valence-corrected chi connectivity index (χ2v) is 10.7. The molecule has 4 aromatic rings. The van der Waals surface area contributed by atoms with Crippen molar-refractivity contribution in [3.05, 3.63) is 87.7 Å². The SMILES string of the molecule is COC(=O)Nc1ccc2c(c1)NC(=O)CC[C@H](C)C[C@H](c1ccc(-c3c(F)ccc(Cl)c3F)c[n+]1[O-])c1nc-2c(C)[nH]1. The maximum atomic E-state index is 14.7. The van der Waals surface area contributed by atoms with Crippen LogP contribution in [0.1, 0.15) is 49.3 Å². The topological polar surface area (TPSA) is 123 Å². The summed E-state index contributed by atoms with van der Waals surface area (Å²) in [6.07, 6.45) is 1.71. The zero-order chi connectivity index (χ0) is 30.1. The summed E-state index contributed by atoms with van der Waals surface area (Å²) in [6.45, 7) is 3.81. The molecule has 42 heavy (non-hydrogen) atoms. The molecule has 2 aromatic heterocycles. The standard InChI is InChI=1S/C30H28ClF2N5O4/c1-15-4-11-25(39)36-23-13-18(35-30(40)42-3)6-7-19(23)28-16(2)34-29(37-28)20(12-15)24-10-5-17(14-38(24)41)26-22(32)9-8-21(31)27(26)33/h5-10,13-15,20H,4,11-12H2,1-3H3,(H,34,37)(H,35,40)(H,36,39)/t15-,20+/m0/s1. The number of ether oxygens (including phenoxy) is 1. The molecule has 5 rings (SSSR count). The van der Waals surface area contributed by atoms with Crippen LogP contribution in [-0.2, 0) is 9.53 Å². The molecule has 0 aliphatic carbocycles. The minimum absolute atomic E-state index is 0.00308. The summed E-state index contributed by atoms with van der Waals surface area (Å²) in [6, 6.07) is 10.2. The van der Waals surface area contributed by atoms with E-state index in [2.05, 4.69) is 20.4 Å². The molecule has 218 valence electrons. The van der Waals surface area contributed by atoms with Crippen LogP contribution >= 0.6 is 11.6 Å². The van der Waals surface area contributed by atoms with Gasteiger partial charge in [0.15, 0.2) is 12.0 Å². The number of aromatic amines is 1. The fourth-order valence-electron chi connectivity index (χ4n) is 5.20. The van der Waals surface area contributed by atoms with E-state index in [0.717, 1.165) is 18.3 Å². The fraction of sp³-hybridized carbons (Fsp3) is 0.267. The molecule has 12 heteroatoms. The van der Waals surface area contributed by atoms with Crippen molar-refractivity contribution in [3.8, 4) is 22.4 Å². The molecule has 2 bridgehead atoms. The van der Waals surface area contributed by atoms with E-state index in [-0.39, 0.29) is 34.4 Å². The Bertz CT molecular complexity index is 1690. The zero-order valence-electron chi connectivity index (χ0n) is 23.1. The van der Waals surface area contributed by atoms with Crippen molar-refractivity contribution in [1.29, 1.82) is 0 Å². The number of halogens is 3. The maximum Gasteiger partial charge on any atom is 0.411 e. The molecule has 2 amide bonds. The van der Waals surface area contributed by atoms with Gasteiger partial charge in [0.25, 0.3) is 0 Å². The molecule has 2 aromatic carbocycles. The van der Waals surface area contributed by atoms with Crippen molar-refractivity contribution < 1.29 is 27.8 Å². The van der Waals surface area contributed by atoms with E-state index < -0.39 is 23.6 Å². The lowest BCUT2D eigenvalue weighted by molar-refractivity contribution is -0.614. The molecule has 0 unspecified atom stereocenters. The first kappa shape index (κ1) is 29.0. The lowest BCUT2D eigenvalue weighted by Crippen LogP contribution is -2.34. The number of aromatic nitrogens is 3. The van der Waals surface area contributed by atoms with Gasteiger partial charge in [-0.3, -0.25) is 10.1 Å². The number of nitrogens with one attached hydrogen (secondary N) is 3. The van der Waals surface area contributed by atoms with Crippen LogP contribution in [0.4, 0.5) is 25.0 Å². The molecule has 0 saturated carbocycles. The summed E-state index contributed by atoms with van der Waals surface area (Å²) >= 11 is 5.86. The Labute approximate surface area is 245 Å². The van der Waals surface area contributed by atoms with E-state index in [1.807, 2.05) is 13.8 Å². The molecule has 0 fully saturated rings. The number of hydrogen-bond acceptors (Lipinski definition) is 5. The molecule has 0 radical (unpaired) electrons. The van der Waals surface area contributed by atoms with Crippen molar-refractivity contribution in [2.75, 3.05) is 17.7 Å². The molecule has 9 nitrogen and oxygen atoms in total. The van der Waals surface area contributed by atoms with Crippen LogP contribution in [0.15, 0.2) is 48.7 Å². The number of benzene rings is 2. The smallest absolute Gasteiger partial charge is 0.411 e. The lowest BCUT2D eigenvalue weighted by atomic mass is 9.88. The highest BCUT2D eigenvalue weighted by Crippen LogP contribution is 2.37. The number of amides is 2. The lowest BCUT2D eigenvalue weighted by Gasteiger charge is -2.20. The number of imidazole rings is 1. The van der Waals surface area contributed by atoms with Gasteiger partial charge in [0, 0.05) is 29.4 Å². The van der Waals surface area contributed by atoms with Gasteiger partial charge >= 0.3 is 6.09 Å². The van der Waals surface area contributed by atoms with Gasteiger partial charge < -0.3 is 20.2 Å². The first-order chi connectivity index (χ1) is 20.0. The Morgan fingerprint density at radius 3 is 2.74 bits per heavy atom. The Balaban J connectivity index is 1.60. The third-order valence-corrected chi connectivity index (χ3v) is 7.64. The van der Waals surface area contributed by atoms with Crippen LogP contribution in [0.25, 0.3) is 22.4 Å². The van der Waals surface area contributed by atoms with Gasteiger partial charge in [0.05, 0.1) is 34.6 Å². The second-order valence-electron chi connectivity index (χ2n) is 10.3.